The van der Waals surface area contributed by atoms with Gasteiger partial charge >= 0.3 is 0 Å². The molecule has 2 rings (SSSR count). The van der Waals surface area contributed by atoms with Gasteiger partial charge in [-0.25, -0.2) is 8.78 Å². The molecule has 94 valence electrons. The zero-order valence-corrected chi connectivity index (χ0v) is 10.5. The molecular formula is C14H11ClF2O. The van der Waals surface area contributed by atoms with Crippen LogP contribution in [0.5, 0.6) is 11.5 Å². The number of hydrogen-bond donors (Lipinski definition) is 0. The minimum Gasteiger partial charge on any atom is -0.457 e. The molecule has 0 radical (unpaired) electrons. The lowest BCUT2D eigenvalue weighted by Gasteiger charge is -2.08. The summed E-state index contributed by atoms with van der Waals surface area (Å²) < 4.78 is 31.8. The molecule has 0 atom stereocenters. The maximum Gasteiger partial charge on any atom is 0.130 e. The van der Waals surface area contributed by atoms with Crippen LogP contribution in [0.25, 0.3) is 0 Å². The predicted molar refractivity (Wildman–Crippen MR) is 67.2 cm³/mol. The fraction of sp³-hybridized carbons (Fsp3) is 0.143. The molecule has 0 amide bonds. The Morgan fingerprint density at radius 1 is 1.06 bits per heavy atom. The summed E-state index contributed by atoms with van der Waals surface area (Å²) >= 11 is 5.65. The number of benzene rings is 2. The maximum absolute atomic E-state index is 13.3. The average molecular weight is 269 g/mol. The van der Waals surface area contributed by atoms with Gasteiger partial charge in [0.15, 0.2) is 0 Å². The van der Waals surface area contributed by atoms with Gasteiger partial charge in [-0.15, -0.1) is 11.6 Å². The topological polar surface area (TPSA) is 9.23 Å². The highest BCUT2D eigenvalue weighted by atomic mass is 35.5. The predicted octanol–water partition coefficient (Wildman–Crippen LogP) is 4.80. The van der Waals surface area contributed by atoms with Gasteiger partial charge in [0.1, 0.15) is 23.1 Å². The minimum absolute atomic E-state index is 0.205. The molecule has 0 heterocycles. The first-order chi connectivity index (χ1) is 8.58. The number of ether oxygens (including phenoxy) is 1. The molecule has 2 aromatic carbocycles. The van der Waals surface area contributed by atoms with Crippen LogP contribution in [0.3, 0.4) is 0 Å². The Labute approximate surface area is 109 Å². The number of rotatable bonds is 3. The first kappa shape index (κ1) is 12.8. The summed E-state index contributed by atoms with van der Waals surface area (Å²) in [7, 11) is 0. The van der Waals surface area contributed by atoms with E-state index in [0.717, 1.165) is 0 Å². The second-order valence-corrected chi connectivity index (χ2v) is 4.21. The number of halogens is 3. The van der Waals surface area contributed by atoms with Gasteiger partial charge in [-0.1, -0.05) is 0 Å². The summed E-state index contributed by atoms with van der Waals surface area (Å²) in [5, 5.41) is 0. The third kappa shape index (κ3) is 2.99. The summed E-state index contributed by atoms with van der Waals surface area (Å²) in [5.41, 5.74) is 1.10. The molecule has 0 fully saturated rings. The van der Waals surface area contributed by atoms with E-state index in [0.29, 0.717) is 22.6 Å². The standard InChI is InChI=1S/C14H11ClF2O/c1-9-4-12(2-3-14(9)17)18-13-6-10(8-15)5-11(16)7-13/h2-7H,8H2,1H3. The van der Waals surface area contributed by atoms with E-state index in [-0.39, 0.29) is 11.7 Å². The van der Waals surface area contributed by atoms with Crippen LogP contribution < -0.4 is 4.74 Å². The third-order valence-electron chi connectivity index (χ3n) is 2.45. The molecule has 0 saturated carbocycles. The van der Waals surface area contributed by atoms with Gasteiger partial charge < -0.3 is 4.74 Å². The van der Waals surface area contributed by atoms with Crippen LogP contribution in [0.1, 0.15) is 11.1 Å². The van der Waals surface area contributed by atoms with E-state index in [9.17, 15) is 8.78 Å². The van der Waals surface area contributed by atoms with Crippen molar-refractivity contribution in [1.29, 1.82) is 0 Å². The lowest BCUT2D eigenvalue weighted by molar-refractivity contribution is 0.473. The summed E-state index contributed by atoms with van der Waals surface area (Å²) in [6.07, 6.45) is 0. The molecule has 0 saturated heterocycles. The van der Waals surface area contributed by atoms with Crippen LogP contribution in [0.2, 0.25) is 0 Å². The van der Waals surface area contributed by atoms with Crippen LogP contribution in [0.15, 0.2) is 36.4 Å². The molecule has 2 aromatic rings. The van der Waals surface area contributed by atoms with E-state index in [1.54, 1.807) is 19.1 Å². The Balaban J connectivity index is 2.27. The van der Waals surface area contributed by atoms with Crippen molar-refractivity contribution in [3.05, 3.63) is 59.2 Å². The second kappa shape index (κ2) is 5.36. The van der Waals surface area contributed by atoms with E-state index >= 15 is 0 Å². The first-order valence-electron chi connectivity index (χ1n) is 5.38. The van der Waals surface area contributed by atoms with Crippen molar-refractivity contribution in [2.45, 2.75) is 12.8 Å². The molecule has 0 aliphatic heterocycles. The molecule has 0 N–H and O–H groups in total. The van der Waals surface area contributed by atoms with Gasteiger partial charge in [0.25, 0.3) is 0 Å². The molecule has 0 spiro atoms. The van der Waals surface area contributed by atoms with Crippen LogP contribution in [0, 0.1) is 18.6 Å². The van der Waals surface area contributed by atoms with Crippen molar-refractivity contribution in [3.63, 3.8) is 0 Å². The number of hydrogen-bond acceptors (Lipinski definition) is 1. The summed E-state index contributed by atoms with van der Waals surface area (Å²) in [6, 6.07) is 8.61. The van der Waals surface area contributed by atoms with Crippen molar-refractivity contribution in [3.8, 4) is 11.5 Å². The van der Waals surface area contributed by atoms with Gasteiger partial charge in [0.2, 0.25) is 0 Å². The Kier molecular flexibility index (Phi) is 3.82. The van der Waals surface area contributed by atoms with Crippen molar-refractivity contribution >= 4 is 11.6 Å². The first-order valence-corrected chi connectivity index (χ1v) is 5.91. The van der Waals surface area contributed by atoms with E-state index in [2.05, 4.69) is 0 Å². The molecule has 0 aromatic heterocycles. The Morgan fingerprint density at radius 3 is 2.50 bits per heavy atom. The van der Waals surface area contributed by atoms with Gasteiger partial charge in [0, 0.05) is 11.9 Å². The van der Waals surface area contributed by atoms with Crippen molar-refractivity contribution < 1.29 is 13.5 Å². The minimum atomic E-state index is -0.415. The van der Waals surface area contributed by atoms with Crippen LogP contribution in [-0.4, -0.2) is 0 Å². The van der Waals surface area contributed by atoms with Crippen molar-refractivity contribution in [2.75, 3.05) is 0 Å². The molecule has 4 heteroatoms. The number of aryl methyl sites for hydroxylation is 1. The molecule has 18 heavy (non-hydrogen) atoms. The Hall–Kier alpha value is -1.61. The number of alkyl halides is 1. The normalized spacial score (nSPS) is 10.4. The van der Waals surface area contributed by atoms with Crippen LogP contribution >= 0.6 is 11.6 Å². The van der Waals surface area contributed by atoms with Gasteiger partial charge in [0.05, 0.1) is 0 Å². The molecule has 0 unspecified atom stereocenters. The summed E-state index contributed by atoms with van der Waals surface area (Å²) in [5.74, 6) is 0.290. The molecule has 1 nitrogen and oxygen atoms in total. The zero-order valence-electron chi connectivity index (χ0n) is 9.71. The highest BCUT2D eigenvalue weighted by Gasteiger charge is 2.04. The second-order valence-electron chi connectivity index (χ2n) is 3.94. The van der Waals surface area contributed by atoms with E-state index in [1.165, 1.54) is 24.3 Å². The fourth-order valence-corrected chi connectivity index (χ4v) is 1.73. The van der Waals surface area contributed by atoms with Crippen LogP contribution in [-0.2, 0) is 5.88 Å². The van der Waals surface area contributed by atoms with Crippen molar-refractivity contribution in [1.82, 2.24) is 0 Å². The van der Waals surface area contributed by atoms with E-state index in [4.69, 9.17) is 16.3 Å². The van der Waals surface area contributed by atoms with Gasteiger partial charge in [-0.3, -0.25) is 0 Å². The third-order valence-corrected chi connectivity index (χ3v) is 2.76. The van der Waals surface area contributed by atoms with E-state index < -0.39 is 5.82 Å². The SMILES string of the molecule is Cc1cc(Oc2cc(F)cc(CCl)c2)ccc1F. The van der Waals surface area contributed by atoms with Gasteiger partial charge in [-0.05, 0) is 48.4 Å². The quantitative estimate of drug-likeness (QED) is 0.726. The molecule has 0 aliphatic carbocycles. The highest BCUT2D eigenvalue weighted by molar-refractivity contribution is 6.17. The maximum atomic E-state index is 13.3. The molecular weight excluding hydrogens is 258 g/mol. The lowest BCUT2D eigenvalue weighted by Crippen LogP contribution is -1.90. The fourth-order valence-electron chi connectivity index (χ4n) is 1.57. The monoisotopic (exact) mass is 268 g/mol. The Bertz CT molecular complexity index is 570. The lowest BCUT2D eigenvalue weighted by atomic mass is 10.2. The smallest absolute Gasteiger partial charge is 0.130 e. The van der Waals surface area contributed by atoms with Crippen LogP contribution in [0.4, 0.5) is 8.78 Å². The van der Waals surface area contributed by atoms with Crippen molar-refractivity contribution in [2.24, 2.45) is 0 Å². The summed E-state index contributed by atoms with van der Waals surface area (Å²) in [4.78, 5) is 0. The zero-order chi connectivity index (χ0) is 13.1. The largest absolute Gasteiger partial charge is 0.457 e. The van der Waals surface area contributed by atoms with Gasteiger partial charge in [-0.2, -0.15) is 0 Å². The molecule has 0 bridgehead atoms. The highest BCUT2D eigenvalue weighted by Crippen LogP contribution is 2.25. The summed E-state index contributed by atoms with van der Waals surface area (Å²) in [6.45, 7) is 1.64. The van der Waals surface area contributed by atoms with E-state index in [1.807, 2.05) is 0 Å². The Morgan fingerprint density at radius 2 is 1.83 bits per heavy atom. The molecule has 0 aliphatic rings. The average Bonchev–Trinajstić information content (AvgIpc) is 2.33.